The average molecular weight is 236 g/mol. The zero-order chi connectivity index (χ0) is 12.1. The molecular weight excluding hydrogens is 208 g/mol. The molecule has 0 spiro atoms. The Labute approximate surface area is 106 Å². The average Bonchev–Trinajstić information content (AvgIpc) is 3.16. The molecule has 0 amide bonds. The highest BCUT2D eigenvalue weighted by molar-refractivity contribution is 4.94. The van der Waals surface area contributed by atoms with E-state index < -0.39 is 0 Å². The lowest BCUT2D eigenvalue weighted by Crippen LogP contribution is -2.43. The van der Waals surface area contributed by atoms with Crippen LogP contribution < -0.4 is 5.73 Å². The first kappa shape index (κ1) is 13.1. The van der Waals surface area contributed by atoms with Gasteiger partial charge in [-0.25, -0.2) is 0 Å². The topological polar surface area (TPSA) is 29.3 Å². The molecule has 0 aromatic rings. The summed E-state index contributed by atoms with van der Waals surface area (Å²) in [5.41, 5.74) is 6.53. The van der Waals surface area contributed by atoms with E-state index >= 15 is 0 Å². The Morgan fingerprint density at radius 2 is 1.82 bits per heavy atom. The van der Waals surface area contributed by atoms with Gasteiger partial charge in [-0.1, -0.05) is 31.8 Å². The van der Waals surface area contributed by atoms with Crippen molar-refractivity contribution in [2.75, 3.05) is 19.6 Å². The Bertz CT molecular complexity index is 237. The van der Waals surface area contributed by atoms with Crippen molar-refractivity contribution >= 4 is 0 Å². The minimum Gasteiger partial charge on any atom is -0.330 e. The molecule has 0 radical (unpaired) electrons. The third-order valence-electron chi connectivity index (χ3n) is 4.56. The molecule has 0 aromatic carbocycles. The zero-order valence-electron chi connectivity index (χ0n) is 11.2. The third-order valence-corrected chi connectivity index (χ3v) is 4.56. The van der Waals surface area contributed by atoms with Crippen molar-refractivity contribution in [1.29, 1.82) is 0 Å². The summed E-state index contributed by atoms with van der Waals surface area (Å²) in [5.74, 6) is 0. The van der Waals surface area contributed by atoms with Crippen LogP contribution >= 0.6 is 0 Å². The molecule has 0 heterocycles. The molecule has 98 valence electrons. The molecule has 2 rings (SSSR count). The molecule has 2 aliphatic carbocycles. The minimum atomic E-state index is 0.405. The summed E-state index contributed by atoms with van der Waals surface area (Å²) in [6.45, 7) is 7.02. The maximum atomic E-state index is 6.12. The lowest BCUT2D eigenvalue weighted by Gasteiger charge is -2.37. The number of hydrogen-bond donors (Lipinski definition) is 1. The molecule has 2 aliphatic rings. The van der Waals surface area contributed by atoms with Crippen LogP contribution in [0.4, 0.5) is 0 Å². The predicted molar refractivity (Wildman–Crippen MR) is 74.0 cm³/mol. The summed E-state index contributed by atoms with van der Waals surface area (Å²) in [4.78, 5) is 2.63. The summed E-state index contributed by atoms with van der Waals surface area (Å²) in [5, 5.41) is 0. The van der Waals surface area contributed by atoms with Crippen LogP contribution in [0.2, 0.25) is 0 Å². The molecule has 2 nitrogen and oxygen atoms in total. The second-order valence-electron chi connectivity index (χ2n) is 6.07. The van der Waals surface area contributed by atoms with Crippen LogP contribution in [0, 0.1) is 5.41 Å². The highest BCUT2D eigenvalue weighted by Gasteiger charge is 2.36. The second kappa shape index (κ2) is 6.01. The van der Waals surface area contributed by atoms with Crippen molar-refractivity contribution in [1.82, 2.24) is 4.90 Å². The standard InChI is InChI=1S/C15H28N2/c1-2-11-17(14-7-8-14)13-15(12-16)9-5-3-4-6-10-15/h2,14H,1,3-13,16H2. The summed E-state index contributed by atoms with van der Waals surface area (Å²) in [6, 6.07) is 0.833. The lowest BCUT2D eigenvalue weighted by atomic mass is 9.80. The molecule has 0 aliphatic heterocycles. The van der Waals surface area contributed by atoms with Crippen LogP contribution in [-0.4, -0.2) is 30.6 Å². The first-order chi connectivity index (χ1) is 8.29. The smallest absolute Gasteiger partial charge is 0.0163 e. The fourth-order valence-corrected chi connectivity index (χ4v) is 3.28. The van der Waals surface area contributed by atoms with Crippen molar-refractivity contribution in [3.8, 4) is 0 Å². The van der Waals surface area contributed by atoms with E-state index in [0.29, 0.717) is 5.41 Å². The van der Waals surface area contributed by atoms with Gasteiger partial charge in [0.25, 0.3) is 0 Å². The van der Waals surface area contributed by atoms with Crippen LogP contribution in [0.5, 0.6) is 0 Å². The molecule has 0 unspecified atom stereocenters. The van der Waals surface area contributed by atoms with Gasteiger partial charge in [0.1, 0.15) is 0 Å². The van der Waals surface area contributed by atoms with E-state index in [0.717, 1.165) is 19.1 Å². The van der Waals surface area contributed by atoms with E-state index in [1.165, 1.54) is 57.9 Å². The highest BCUT2D eigenvalue weighted by atomic mass is 15.2. The molecule has 2 N–H and O–H groups in total. The minimum absolute atomic E-state index is 0.405. The van der Waals surface area contributed by atoms with Crippen molar-refractivity contribution in [3.05, 3.63) is 12.7 Å². The van der Waals surface area contributed by atoms with E-state index in [-0.39, 0.29) is 0 Å². The Kier molecular flexibility index (Phi) is 4.63. The molecule has 2 fully saturated rings. The summed E-state index contributed by atoms with van der Waals surface area (Å²) >= 11 is 0. The van der Waals surface area contributed by atoms with Crippen LogP contribution in [0.15, 0.2) is 12.7 Å². The molecule has 0 aromatic heterocycles. The van der Waals surface area contributed by atoms with E-state index in [1.54, 1.807) is 0 Å². The summed E-state index contributed by atoms with van der Waals surface area (Å²) in [7, 11) is 0. The number of nitrogens with zero attached hydrogens (tertiary/aromatic N) is 1. The fourth-order valence-electron chi connectivity index (χ4n) is 3.28. The van der Waals surface area contributed by atoms with Gasteiger partial charge in [-0.2, -0.15) is 0 Å². The van der Waals surface area contributed by atoms with Crippen molar-refractivity contribution in [2.24, 2.45) is 11.1 Å². The molecule has 2 heteroatoms. The largest absolute Gasteiger partial charge is 0.330 e. The Morgan fingerprint density at radius 1 is 1.18 bits per heavy atom. The van der Waals surface area contributed by atoms with Gasteiger partial charge in [0.15, 0.2) is 0 Å². The lowest BCUT2D eigenvalue weighted by molar-refractivity contribution is 0.140. The van der Waals surface area contributed by atoms with Gasteiger partial charge in [0.05, 0.1) is 0 Å². The van der Waals surface area contributed by atoms with E-state index in [4.69, 9.17) is 5.73 Å². The van der Waals surface area contributed by atoms with Crippen molar-refractivity contribution in [2.45, 2.75) is 57.4 Å². The quantitative estimate of drug-likeness (QED) is 0.567. The van der Waals surface area contributed by atoms with E-state index in [2.05, 4.69) is 17.6 Å². The molecule has 0 bridgehead atoms. The third kappa shape index (κ3) is 3.56. The Hall–Kier alpha value is -0.340. The number of rotatable bonds is 6. The first-order valence-electron chi connectivity index (χ1n) is 7.35. The van der Waals surface area contributed by atoms with Gasteiger partial charge in [-0.05, 0) is 37.6 Å². The van der Waals surface area contributed by atoms with Crippen molar-refractivity contribution < 1.29 is 0 Å². The van der Waals surface area contributed by atoms with Crippen LogP contribution in [0.3, 0.4) is 0 Å². The molecular formula is C15H28N2. The first-order valence-corrected chi connectivity index (χ1v) is 7.35. The Balaban J connectivity index is 1.97. The molecule has 0 saturated heterocycles. The van der Waals surface area contributed by atoms with Crippen LogP contribution in [-0.2, 0) is 0 Å². The van der Waals surface area contributed by atoms with E-state index in [1.807, 2.05) is 0 Å². The van der Waals surface area contributed by atoms with Crippen molar-refractivity contribution in [3.63, 3.8) is 0 Å². The maximum absolute atomic E-state index is 6.12. The monoisotopic (exact) mass is 236 g/mol. The Morgan fingerprint density at radius 3 is 2.29 bits per heavy atom. The molecule has 0 atom stereocenters. The van der Waals surface area contributed by atoms with Gasteiger partial charge in [-0.15, -0.1) is 6.58 Å². The van der Waals surface area contributed by atoms with Gasteiger partial charge in [-0.3, -0.25) is 4.90 Å². The summed E-state index contributed by atoms with van der Waals surface area (Å²) in [6.07, 6.45) is 13.1. The van der Waals surface area contributed by atoms with Gasteiger partial charge < -0.3 is 5.73 Å². The molecule has 2 saturated carbocycles. The number of hydrogen-bond acceptors (Lipinski definition) is 2. The SMILES string of the molecule is C=CCN(CC1(CN)CCCCCC1)C1CC1. The summed E-state index contributed by atoms with van der Waals surface area (Å²) < 4.78 is 0. The fraction of sp³-hybridized carbons (Fsp3) is 0.867. The van der Waals surface area contributed by atoms with Gasteiger partial charge >= 0.3 is 0 Å². The van der Waals surface area contributed by atoms with E-state index in [9.17, 15) is 0 Å². The second-order valence-corrected chi connectivity index (χ2v) is 6.07. The van der Waals surface area contributed by atoms with Crippen LogP contribution in [0.1, 0.15) is 51.4 Å². The normalized spacial score (nSPS) is 24.6. The predicted octanol–water partition coefficient (Wildman–Crippen LogP) is 2.94. The van der Waals surface area contributed by atoms with Gasteiger partial charge in [0.2, 0.25) is 0 Å². The number of nitrogens with two attached hydrogens (primary N) is 1. The molecule has 17 heavy (non-hydrogen) atoms. The maximum Gasteiger partial charge on any atom is 0.0163 e. The zero-order valence-corrected chi connectivity index (χ0v) is 11.2. The van der Waals surface area contributed by atoms with Gasteiger partial charge in [0, 0.05) is 19.1 Å². The highest BCUT2D eigenvalue weighted by Crippen LogP contribution is 2.37. The van der Waals surface area contributed by atoms with Crippen LogP contribution in [0.25, 0.3) is 0 Å².